The number of allylic oxidation sites excluding steroid dienone is 2. The van der Waals surface area contributed by atoms with Crippen LogP contribution in [0.2, 0.25) is 0 Å². The molecule has 0 aromatic rings. The fourth-order valence-corrected chi connectivity index (χ4v) is 3.75. The fourth-order valence-electron chi connectivity index (χ4n) is 3.75. The first-order chi connectivity index (χ1) is 18.8. The number of nitrogens with one attached hydrogen (secondary N) is 5. The highest BCUT2D eigenvalue weighted by atomic mass is 16.6. The molecule has 4 amide bonds. The molecule has 0 aromatic heterocycles. The van der Waals surface area contributed by atoms with Crippen LogP contribution in [0.15, 0.2) is 23.9 Å². The number of alkyl carbamates (subject to hydrolysis) is 2. The van der Waals surface area contributed by atoms with Gasteiger partial charge >= 0.3 is 12.2 Å². The molecule has 0 radical (unpaired) electrons. The van der Waals surface area contributed by atoms with E-state index in [-0.39, 0.29) is 25.9 Å². The Balaban J connectivity index is 5.71. The van der Waals surface area contributed by atoms with Crippen molar-refractivity contribution in [2.24, 2.45) is 0 Å². The number of carbonyl (C=O) groups excluding carboxylic acids is 4. The quantitative estimate of drug-likeness (QED) is 0.160. The lowest BCUT2D eigenvalue weighted by Gasteiger charge is -2.28. The Kier molecular flexibility index (Phi) is 16.1. The van der Waals surface area contributed by atoms with E-state index in [9.17, 15) is 24.3 Å². The summed E-state index contributed by atoms with van der Waals surface area (Å²) in [4.78, 5) is 50.9. The zero-order valence-corrected chi connectivity index (χ0v) is 26.5. The summed E-state index contributed by atoms with van der Waals surface area (Å²) in [6.45, 7) is 21.4. The summed E-state index contributed by atoms with van der Waals surface area (Å²) in [7, 11) is 0. The Hall–Kier alpha value is -3.28. The maximum atomic E-state index is 13.4. The van der Waals surface area contributed by atoms with E-state index in [2.05, 4.69) is 33.2 Å². The van der Waals surface area contributed by atoms with Gasteiger partial charge in [-0.3, -0.25) is 9.59 Å². The minimum Gasteiger partial charge on any atom is -0.444 e. The topological polar surface area (TPSA) is 167 Å². The van der Waals surface area contributed by atoms with E-state index in [1.54, 1.807) is 55.4 Å². The van der Waals surface area contributed by atoms with E-state index in [1.165, 1.54) is 0 Å². The molecule has 0 spiro atoms. The summed E-state index contributed by atoms with van der Waals surface area (Å²) >= 11 is 0. The molecule has 0 saturated heterocycles. The maximum Gasteiger partial charge on any atom is 0.407 e. The Morgan fingerprint density at radius 1 is 0.829 bits per heavy atom. The van der Waals surface area contributed by atoms with Gasteiger partial charge in [0.05, 0.1) is 12.1 Å². The van der Waals surface area contributed by atoms with E-state index in [0.29, 0.717) is 12.1 Å². The number of ether oxygens (including phenoxy) is 2. The van der Waals surface area contributed by atoms with E-state index in [1.807, 2.05) is 19.9 Å². The Morgan fingerprint density at radius 2 is 1.24 bits per heavy atom. The number of aliphatic hydroxyl groups is 1. The molecule has 0 aliphatic rings. The minimum absolute atomic E-state index is 0.0374. The normalized spacial score (nSPS) is 15.0. The van der Waals surface area contributed by atoms with Gasteiger partial charge in [-0.2, -0.15) is 0 Å². The molecule has 0 bridgehead atoms. The molecule has 0 fully saturated rings. The molecule has 12 nitrogen and oxygen atoms in total. The van der Waals surface area contributed by atoms with Crippen molar-refractivity contribution >= 4 is 24.0 Å². The first kappa shape index (κ1) is 37.7. The SMILES string of the molecule is C=C(C)NC(CCNC(=O)OC(C)(C)C)C(=O)NC(CCNC(=O)OC(C)(C)C)C(=O)NC(/C(=C\C)CC)C(C)O. The van der Waals surface area contributed by atoms with E-state index in [0.717, 1.165) is 5.57 Å². The predicted octanol–water partition coefficient (Wildman–Crippen LogP) is 3.01. The molecule has 0 aliphatic heterocycles. The molecule has 0 aromatic carbocycles. The van der Waals surface area contributed by atoms with Crippen LogP contribution < -0.4 is 26.6 Å². The first-order valence-corrected chi connectivity index (χ1v) is 14.1. The average Bonchev–Trinajstić information content (AvgIpc) is 2.79. The van der Waals surface area contributed by atoms with Gasteiger partial charge in [0, 0.05) is 18.8 Å². The third kappa shape index (κ3) is 17.2. The van der Waals surface area contributed by atoms with Crippen LogP contribution in [0.4, 0.5) is 9.59 Å². The van der Waals surface area contributed by atoms with Crippen molar-refractivity contribution in [1.29, 1.82) is 0 Å². The number of hydrogen-bond acceptors (Lipinski definition) is 8. The largest absolute Gasteiger partial charge is 0.444 e. The molecule has 6 N–H and O–H groups in total. The summed E-state index contributed by atoms with van der Waals surface area (Å²) < 4.78 is 10.5. The maximum absolute atomic E-state index is 13.4. The van der Waals surface area contributed by atoms with E-state index < -0.39 is 59.4 Å². The van der Waals surface area contributed by atoms with Crippen LogP contribution in [0.25, 0.3) is 0 Å². The monoisotopic (exact) mass is 583 g/mol. The molecule has 0 heterocycles. The van der Waals surface area contributed by atoms with Crippen LogP contribution in [-0.2, 0) is 19.1 Å². The van der Waals surface area contributed by atoms with Gasteiger partial charge in [-0.25, -0.2) is 9.59 Å². The summed E-state index contributed by atoms with van der Waals surface area (Å²) in [6, 6.07) is -2.54. The highest BCUT2D eigenvalue weighted by Crippen LogP contribution is 2.12. The Labute approximate surface area is 245 Å². The van der Waals surface area contributed by atoms with Gasteiger partial charge in [-0.1, -0.05) is 19.6 Å². The predicted molar refractivity (Wildman–Crippen MR) is 159 cm³/mol. The summed E-state index contributed by atoms with van der Waals surface area (Å²) in [5.74, 6) is -1.03. The standard InChI is InChI=1S/C29H53N5O7/c1-12-20(13-2)23(19(5)35)34-25(37)22(15-17-31-27(39)41-29(9,10)11)33-24(36)21(32-18(3)4)14-16-30-26(38)40-28(6,7)8/h12,19,21-23,32,35H,3,13-17H2,1-2,4-11H3,(H,30,38)(H,31,39)(H,33,36)(H,34,37)/b20-12-. The molecule has 0 saturated carbocycles. The van der Waals surface area contributed by atoms with Crippen molar-refractivity contribution in [3.63, 3.8) is 0 Å². The van der Waals surface area contributed by atoms with Crippen LogP contribution in [0.3, 0.4) is 0 Å². The van der Waals surface area contributed by atoms with Gasteiger partial charge in [0.25, 0.3) is 0 Å². The molecule has 0 aliphatic carbocycles. The minimum atomic E-state index is -1.05. The van der Waals surface area contributed by atoms with Crippen molar-refractivity contribution in [2.75, 3.05) is 13.1 Å². The number of hydrogen-bond donors (Lipinski definition) is 6. The van der Waals surface area contributed by atoms with Gasteiger partial charge in [-0.05, 0) is 87.1 Å². The van der Waals surface area contributed by atoms with E-state index >= 15 is 0 Å². The molecule has 0 rings (SSSR count). The zero-order chi connectivity index (χ0) is 32.0. The number of aliphatic hydroxyl groups excluding tert-OH is 1. The van der Waals surface area contributed by atoms with Crippen molar-refractivity contribution in [2.45, 2.75) is 124 Å². The molecular formula is C29H53N5O7. The molecule has 4 atom stereocenters. The van der Waals surface area contributed by atoms with Gasteiger partial charge in [0.2, 0.25) is 11.8 Å². The number of rotatable bonds is 15. The summed E-state index contributed by atoms with van der Waals surface area (Å²) in [6.07, 6.45) is 0.532. The first-order valence-electron chi connectivity index (χ1n) is 14.1. The lowest BCUT2D eigenvalue weighted by Crippen LogP contribution is -2.56. The lowest BCUT2D eigenvalue weighted by atomic mass is 9.99. The number of amides is 4. The Bertz CT molecular complexity index is 919. The van der Waals surface area contributed by atoms with Crippen LogP contribution in [0.1, 0.15) is 88.5 Å². The molecule has 236 valence electrons. The highest BCUT2D eigenvalue weighted by Gasteiger charge is 2.29. The van der Waals surface area contributed by atoms with Crippen LogP contribution in [-0.4, -0.2) is 77.6 Å². The van der Waals surface area contributed by atoms with Crippen LogP contribution in [0, 0.1) is 0 Å². The fraction of sp³-hybridized carbons (Fsp3) is 0.724. The van der Waals surface area contributed by atoms with Gasteiger partial charge in [0.1, 0.15) is 23.3 Å². The molecule has 12 heteroatoms. The molecule has 4 unspecified atom stereocenters. The van der Waals surface area contributed by atoms with E-state index in [4.69, 9.17) is 9.47 Å². The van der Waals surface area contributed by atoms with Crippen molar-refractivity contribution in [1.82, 2.24) is 26.6 Å². The van der Waals surface area contributed by atoms with Gasteiger partial charge in [-0.15, -0.1) is 0 Å². The third-order valence-corrected chi connectivity index (χ3v) is 5.53. The number of carbonyl (C=O) groups is 4. The summed E-state index contributed by atoms with van der Waals surface area (Å²) in [5.41, 5.74) is -0.0124. The third-order valence-electron chi connectivity index (χ3n) is 5.53. The summed E-state index contributed by atoms with van der Waals surface area (Å²) in [5, 5.41) is 24.1. The van der Waals surface area contributed by atoms with Gasteiger partial charge < -0.3 is 41.2 Å². The second kappa shape index (κ2) is 17.5. The Morgan fingerprint density at radius 3 is 1.59 bits per heavy atom. The van der Waals surface area contributed by atoms with Crippen molar-refractivity contribution < 1.29 is 33.8 Å². The van der Waals surface area contributed by atoms with Crippen LogP contribution in [0.5, 0.6) is 0 Å². The second-order valence-electron chi connectivity index (χ2n) is 11.9. The van der Waals surface area contributed by atoms with Gasteiger partial charge in [0.15, 0.2) is 0 Å². The molecule has 41 heavy (non-hydrogen) atoms. The van der Waals surface area contributed by atoms with Crippen molar-refractivity contribution in [3.05, 3.63) is 23.9 Å². The second-order valence-corrected chi connectivity index (χ2v) is 11.9. The highest BCUT2D eigenvalue weighted by molar-refractivity contribution is 5.90. The van der Waals surface area contributed by atoms with Crippen LogP contribution >= 0.6 is 0 Å². The smallest absolute Gasteiger partial charge is 0.407 e. The average molecular weight is 584 g/mol. The zero-order valence-electron chi connectivity index (χ0n) is 26.5. The lowest BCUT2D eigenvalue weighted by molar-refractivity contribution is -0.130. The van der Waals surface area contributed by atoms with Crippen molar-refractivity contribution in [3.8, 4) is 0 Å². The molecular weight excluding hydrogens is 530 g/mol.